The zero-order chi connectivity index (χ0) is 20.2. The van der Waals surface area contributed by atoms with E-state index < -0.39 is 0 Å². The summed E-state index contributed by atoms with van der Waals surface area (Å²) < 4.78 is 15.5. The Morgan fingerprint density at radius 1 is 1.03 bits per heavy atom. The summed E-state index contributed by atoms with van der Waals surface area (Å²) in [4.78, 5) is 9.90. The molecule has 5 heteroatoms. The van der Waals surface area contributed by atoms with Crippen LogP contribution in [0.15, 0.2) is 77.4 Å². The Morgan fingerprint density at radius 3 is 2.59 bits per heavy atom. The molecule has 0 bridgehead atoms. The molecule has 0 spiro atoms. The van der Waals surface area contributed by atoms with Gasteiger partial charge in [0.2, 0.25) is 0 Å². The molecule has 0 amide bonds. The number of rotatable bonds is 5. The summed E-state index contributed by atoms with van der Waals surface area (Å²) in [5.41, 5.74) is 6.80. The lowest BCUT2D eigenvalue weighted by molar-refractivity contribution is 0.625. The minimum absolute atomic E-state index is 0.208. The molecule has 146 valence electrons. The van der Waals surface area contributed by atoms with E-state index in [0.717, 1.165) is 34.7 Å². The lowest BCUT2D eigenvalue weighted by Crippen LogP contribution is -2.17. The number of aromatic nitrogens is 2. The summed E-state index contributed by atoms with van der Waals surface area (Å²) in [6.45, 7) is 5.02. The van der Waals surface area contributed by atoms with E-state index in [4.69, 9.17) is 4.99 Å². The van der Waals surface area contributed by atoms with Gasteiger partial charge < -0.3 is 4.57 Å². The highest BCUT2D eigenvalue weighted by Gasteiger charge is 2.10. The van der Waals surface area contributed by atoms with Gasteiger partial charge in [0, 0.05) is 18.1 Å². The Hall–Kier alpha value is -3.05. The van der Waals surface area contributed by atoms with E-state index in [1.165, 1.54) is 28.8 Å². The van der Waals surface area contributed by atoms with Crippen LogP contribution in [-0.4, -0.2) is 9.55 Å². The van der Waals surface area contributed by atoms with Crippen LogP contribution in [0.3, 0.4) is 0 Å². The molecule has 29 heavy (non-hydrogen) atoms. The van der Waals surface area contributed by atoms with Crippen molar-refractivity contribution in [2.24, 2.45) is 4.99 Å². The van der Waals surface area contributed by atoms with Gasteiger partial charge in [-0.2, -0.15) is 0 Å². The second-order valence-corrected chi connectivity index (χ2v) is 7.89. The third-order valence-corrected chi connectivity index (χ3v) is 5.87. The van der Waals surface area contributed by atoms with Crippen LogP contribution in [0, 0.1) is 19.7 Å². The molecule has 2 aromatic carbocycles. The number of hydrogen-bond donors (Lipinski definition) is 0. The predicted octanol–water partition coefficient (Wildman–Crippen LogP) is 5.84. The normalized spacial score (nSPS) is 11.8. The van der Waals surface area contributed by atoms with E-state index >= 15 is 0 Å². The molecule has 3 nitrogen and oxygen atoms in total. The van der Waals surface area contributed by atoms with E-state index in [-0.39, 0.29) is 5.82 Å². The maximum atomic E-state index is 13.2. The van der Waals surface area contributed by atoms with Gasteiger partial charge >= 0.3 is 0 Å². The maximum absolute atomic E-state index is 13.2. The van der Waals surface area contributed by atoms with E-state index in [2.05, 4.69) is 47.0 Å². The third-order valence-electron chi connectivity index (χ3n) is 5.01. The molecule has 2 aromatic heterocycles. The molecule has 4 rings (SSSR count). The van der Waals surface area contributed by atoms with Crippen molar-refractivity contribution in [2.75, 3.05) is 0 Å². The molecule has 0 saturated carbocycles. The third kappa shape index (κ3) is 4.51. The number of halogens is 1. The Kier molecular flexibility index (Phi) is 5.67. The highest BCUT2D eigenvalue weighted by Crippen LogP contribution is 2.24. The Labute approximate surface area is 173 Å². The zero-order valence-corrected chi connectivity index (χ0v) is 17.3. The standard InChI is InChI=1S/C24H22FN3S/c1-17-5-8-20(14-18(17)2)23-16-29-24(27-22-4-3-12-26-15-22)28(23)13-11-19-6-9-21(25)10-7-19/h3-10,12,14-16H,11,13H2,1-2H3. The molecule has 0 aliphatic rings. The molecule has 0 aliphatic heterocycles. The lowest BCUT2D eigenvalue weighted by Gasteiger charge is -2.11. The fourth-order valence-electron chi connectivity index (χ4n) is 3.19. The number of benzene rings is 2. The van der Waals surface area contributed by atoms with Gasteiger partial charge in [-0.15, -0.1) is 11.3 Å². The van der Waals surface area contributed by atoms with Gasteiger partial charge in [0.1, 0.15) is 5.82 Å². The van der Waals surface area contributed by atoms with Gasteiger partial charge in [0.05, 0.1) is 17.6 Å². The second-order valence-electron chi connectivity index (χ2n) is 7.05. The van der Waals surface area contributed by atoms with Gasteiger partial charge in [-0.1, -0.05) is 24.3 Å². The second kappa shape index (κ2) is 8.53. The first-order valence-electron chi connectivity index (χ1n) is 9.55. The zero-order valence-electron chi connectivity index (χ0n) is 16.5. The van der Waals surface area contributed by atoms with E-state index in [9.17, 15) is 4.39 Å². The summed E-state index contributed by atoms with van der Waals surface area (Å²) in [6, 6.07) is 17.1. The smallest absolute Gasteiger partial charge is 0.190 e. The van der Waals surface area contributed by atoms with Gasteiger partial charge in [-0.25, -0.2) is 9.38 Å². The van der Waals surface area contributed by atoms with Crippen molar-refractivity contribution in [3.63, 3.8) is 0 Å². The topological polar surface area (TPSA) is 30.2 Å². The van der Waals surface area contributed by atoms with E-state index in [1.54, 1.807) is 23.7 Å². The average molecular weight is 404 g/mol. The summed E-state index contributed by atoms with van der Waals surface area (Å²) in [5.74, 6) is -0.208. The largest absolute Gasteiger partial charge is 0.316 e. The molecule has 4 aromatic rings. The number of hydrogen-bond acceptors (Lipinski definition) is 3. The van der Waals surface area contributed by atoms with Crippen molar-refractivity contribution in [3.8, 4) is 11.3 Å². The highest BCUT2D eigenvalue weighted by molar-refractivity contribution is 7.07. The van der Waals surface area contributed by atoms with E-state index in [0.29, 0.717) is 0 Å². The van der Waals surface area contributed by atoms with Crippen LogP contribution in [0.25, 0.3) is 11.3 Å². The van der Waals surface area contributed by atoms with E-state index in [1.807, 2.05) is 24.3 Å². The van der Waals surface area contributed by atoms with Crippen LogP contribution in [0.1, 0.15) is 16.7 Å². The van der Waals surface area contributed by atoms with Crippen LogP contribution in [0.5, 0.6) is 0 Å². The van der Waals surface area contributed by atoms with Crippen molar-refractivity contribution in [1.29, 1.82) is 0 Å². The van der Waals surface area contributed by atoms with Crippen molar-refractivity contribution in [3.05, 3.63) is 99.7 Å². The number of pyridine rings is 1. The number of thiazole rings is 1. The first-order chi connectivity index (χ1) is 14.1. The average Bonchev–Trinajstić information content (AvgIpc) is 3.13. The monoisotopic (exact) mass is 403 g/mol. The van der Waals surface area contributed by atoms with Crippen LogP contribution in [0.4, 0.5) is 10.1 Å². The Balaban J connectivity index is 1.75. The maximum Gasteiger partial charge on any atom is 0.190 e. The number of nitrogens with zero attached hydrogens (tertiary/aromatic N) is 3. The Bertz CT molecular complexity index is 1170. The van der Waals surface area contributed by atoms with Crippen LogP contribution in [-0.2, 0) is 13.0 Å². The minimum atomic E-state index is -0.208. The molecular weight excluding hydrogens is 381 g/mol. The number of aryl methyl sites for hydroxylation is 3. The summed E-state index contributed by atoms with van der Waals surface area (Å²) in [6.07, 6.45) is 4.31. The van der Waals surface area contributed by atoms with Crippen LogP contribution < -0.4 is 4.80 Å². The molecule has 0 atom stereocenters. The fraction of sp³-hybridized carbons (Fsp3) is 0.167. The van der Waals surface area contributed by atoms with Crippen molar-refractivity contribution in [1.82, 2.24) is 9.55 Å². The van der Waals surface area contributed by atoms with Gasteiger partial charge in [-0.05, 0) is 72.9 Å². The first kappa shape index (κ1) is 19.3. The van der Waals surface area contributed by atoms with Crippen molar-refractivity contribution < 1.29 is 4.39 Å². The SMILES string of the molecule is Cc1ccc(-c2csc(=Nc3cccnc3)n2CCc2ccc(F)cc2)cc1C. The molecule has 0 N–H and O–H groups in total. The van der Waals surface area contributed by atoms with Gasteiger partial charge in [0.25, 0.3) is 0 Å². The van der Waals surface area contributed by atoms with Gasteiger partial charge in [-0.3, -0.25) is 4.98 Å². The molecule has 0 aliphatic carbocycles. The lowest BCUT2D eigenvalue weighted by atomic mass is 10.0. The molecule has 0 fully saturated rings. The first-order valence-corrected chi connectivity index (χ1v) is 10.4. The van der Waals surface area contributed by atoms with Crippen LogP contribution >= 0.6 is 11.3 Å². The summed E-state index contributed by atoms with van der Waals surface area (Å²) >= 11 is 1.62. The molecular formula is C24H22FN3S. The Morgan fingerprint density at radius 2 is 1.86 bits per heavy atom. The fourth-order valence-corrected chi connectivity index (χ4v) is 4.14. The van der Waals surface area contributed by atoms with Crippen molar-refractivity contribution in [2.45, 2.75) is 26.8 Å². The molecule has 0 radical (unpaired) electrons. The molecule has 0 unspecified atom stereocenters. The minimum Gasteiger partial charge on any atom is -0.316 e. The molecule has 0 saturated heterocycles. The summed E-state index contributed by atoms with van der Waals surface area (Å²) in [7, 11) is 0. The van der Waals surface area contributed by atoms with Crippen LogP contribution in [0.2, 0.25) is 0 Å². The summed E-state index contributed by atoms with van der Waals surface area (Å²) in [5, 5.41) is 2.16. The highest BCUT2D eigenvalue weighted by atomic mass is 32.1. The molecule has 2 heterocycles. The predicted molar refractivity (Wildman–Crippen MR) is 117 cm³/mol. The van der Waals surface area contributed by atoms with Gasteiger partial charge in [0.15, 0.2) is 4.80 Å². The van der Waals surface area contributed by atoms with Crippen molar-refractivity contribution >= 4 is 17.0 Å². The quantitative estimate of drug-likeness (QED) is 0.411.